The molecule has 1 nitrogen and oxygen atoms in total. The summed E-state index contributed by atoms with van der Waals surface area (Å²) in [6.45, 7) is 0. The Morgan fingerprint density at radius 3 is 1.95 bits per heavy atom. The van der Waals surface area contributed by atoms with Crippen LogP contribution in [-0.4, -0.2) is 22.9 Å². The Bertz CT molecular complexity index is 433. The first-order chi connectivity index (χ1) is 9.07. The Balaban J connectivity index is 3.05. The van der Waals surface area contributed by atoms with Gasteiger partial charge in [-0.25, -0.2) is 0 Å². The molecule has 1 aromatic rings. The van der Waals surface area contributed by atoms with Crippen molar-refractivity contribution in [3.05, 3.63) is 34.9 Å². The minimum Gasteiger partial charge on any atom is -0.352 e. The van der Waals surface area contributed by atoms with Crippen molar-refractivity contribution in [3.63, 3.8) is 0 Å². The van der Waals surface area contributed by atoms with Crippen molar-refractivity contribution < 1.29 is 31.1 Å². The van der Waals surface area contributed by atoms with Crippen LogP contribution in [0.2, 0.25) is 5.02 Å². The van der Waals surface area contributed by atoms with Gasteiger partial charge in [-0.2, -0.15) is 26.3 Å². The van der Waals surface area contributed by atoms with E-state index in [-0.39, 0.29) is 15.0 Å². The summed E-state index contributed by atoms with van der Waals surface area (Å²) in [6, 6.07) is 5.67. The predicted molar refractivity (Wildman–Crippen MR) is 70.1 cm³/mol. The SMILES string of the molecule is FC(F)(F)C(OC(CI)c1ccccc1Cl)C(F)(F)F. The maximum atomic E-state index is 12.4. The van der Waals surface area contributed by atoms with Gasteiger partial charge in [0.15, 0.2) is 0 Å². The summed E-state index contributed by atoms with van der Waals surface area (Å²) >= 11 is 7.40. The third-order valence-corrected chi connectivity index (χ3v) is 3.43. The van der Waals surface area contributed by atoms with Crippen LogP contribution >= 0.6 is 34.2 Å². The van der Waals surface area contributed by atoms with Gasteiger partial charge < -0.3 is 4.74 Å². The molecule has 0 amide bonds. The normalized spacial score (nSPS) is 14.7. The first-order valence-corrected chi connectivity index (χ1v) is 7.07. The lowest BCUT2D eigenvalue weighted by molar-refractivity contribution is -0.330. The van der Waals surface area contributed by atoms with Crippen LogP contribution < -0.4 is 0 Å². The van der Waals surface area contributed by atoms with E-state index < -0.39 is 24.6 Å². The Morgan fingerprint density at radius 2 is 1.55 bits per heavy atom. The van der Waals surface area contributed by atoms with Crippen LogP contribution in [0.25, 0.3) is 0 Å². The third kappa shape index (κ3) is 4.66. The highest BCUT2D eigenvalue weighted by molar-refractivity contribution is 14.1. The van der Waals surface area contributed by atoms with Crippen molar-refractivity contribution in [2.75, 3.05) is 4.43 Å². The molecule has 1 rings (SSSR count). The second-order valence-electron chi connectivity index (χ2n) is 3.76. The van der Waals surface area contributed by atoms with E-state index in [0.717, 1.165) is 0 Å². The number of benzene rings is 1. The molecule has 114 valence electrons. The fourth-order valence-electron chi connectivity index (χ4n) is 1.43. The number of alkyl halides is 7. The molecule has 0 spiro atoms. The molecule has 0 bridgehead atoms. The maximum Gasteiger partial charge on any atom is 0.423 e. The van der Waals surface area contributed by atoms with Crippen LogP contribution in [0, 0.1) is 0 Å². The van der Waals surface area contributed by atoms with E-state index in [2.05, 4.69) is 4.74 Å². The standard InChI is InChI=1S/C11H8ClF6IO/c12-7-4-2-1-3-6(7)8(5-19)20-9(10(13,14)15)11(16,17)18/h1-4,8-9H,5H2. The van der Waals surface area contributed by atoms with E-state index in [9.17, 15) is 26.3 Å². The molecule has 0 aliphatic carbocycles. The Morgan fingerprint density at radius 1 is 1.05 bits per heavy atom. The molecule has 9 heteroatoms. The van der Waals surface area contributed by atoms with E-state index in [1.807, 2.05) is 0 Å². The van der Waals surface area contributed by atoms with Crippen LogP contribution in [0.15, 0.2) is 24.3 Å². The molecule has 0 saturated heterocycles. The zero-order chi connectivity index (χ0) is 15.6. The minimum absolute atomic E-state index is 0.0530. The summed E-state index contributed by atoms with van der Waals surface area (Å²) in [5.41, 5.74) is 0.0852. The van der Waals surface area contributed by atoms with E-state index in [1.165, 1.54) is 24.3 Å². The molecule has 0 radical (unpaired) electrons. The van der Waals surface area contributed by atoms with Crippen molar-refractivity contribution in [3.8, 4) is 0 Å². The molecule has 0 N–H and O–H groups in total. The lowest BCUT2D eigenvalue weighted by Crippen LogP contribution is -2.45. The number of ether oxygens (including phenoxy) is 1. The van der Waals surface area contributed by atoms with Crippen molar-refractivity contribution in [1.82, 2.24) is 0 Å². The molecule has 1 aromatic carbocycles. The minimum atomic E-state index is -5.54. The molecule has 0 heterocycles. The van der Waals surface area contributed by atoms with E-state index >= 15 is 0 Å². The fraction of sp³-hybridized carbons (Fsp3) is 0.455. The quantitative estimate of drug-likeness (QED) is 0.355. The van der Waals surface area contributed by atoms with Gasteiger partial charge in [-0.05, 0) is 6.07 Å². The molecule has 0 saturated carbocycles. The predicted octanol–water partition coefficient (Wildman–Crippen LogP) is 5.33. The number of hydrogen-bond acceptors (Lipinski definition) is 1. The van der Waals surface area contributed by atoms with Gasteiger partial charge in [-0.1, -0.05) is 52.4 Å². The van der Waals surface area contributed by atoms with Gasteiger partial charge in [0.1, 0.15) is 0 Å². The van der Waals surface area contributed by atoms with E-state index in [0.29, 0.717) is 0 Å². The monoisotopic (exact) mass is 432 g/mol. The lowest BCUT2D eigenvalue weighted by atomic mass is 10.1. The smallest absolute Gasteiger partial charge is 0.352 e. The summed E-state index contributed by atoms with van der Waals surface area (Å²) in [4.78, 5) is 0. The van der Waals surface area contributed by atoms with Crippen LogP contribution in [-0.2, 0) is 4.74 Å². The first kappa shape index (κ1) is 17.8. The summed E-state index contributed by atoms with van der Waals surface area (Å²) in [5, 5.41) is 0.0530. The third-order valence-electron chi connectivity index (χ3n) is 2.29. The molecule has 1 atom stereocenters. The van der Waals surface area contributed by atoms with Gasteiger partial charge in [-0.3, -0.25) is 0 Å². The second-order valence-corrected chi connectivity index (χ2v) is 5.05. The number of halogens is 8. The summed E-state index contributed by atoms with van der Waals surface area (Å²) < 4.78 is 78.8. The highest BCUT2D eigenvalue weighted by atomic mass is 127. The highest BCUT2D eigenvalue weighted by Crippen LogP contribution is 2.40. The largest absolute Gasteiger partial charge is 0.423 e. The van der Waals surface area contributed by atoms with Crippen LogP contribution in [0.4, 0.5) is 26.3 Å². The molecule has 0 fully saturated rings. The van der Waals surface area contributed by atoms with Crippen molar-refractivity contribution in [2.24, 2.45) is 0 Å². The van der Waals surface area contributed by atoms with Crippen molar-refractivity contribution >= 4 is 34.2 Å². The average molecular weight is 433 g/mol. The van der Waals surface area contributed by atoms with Gasteiger partial charge in [0.25, 0.3) is 0 Å². The molecule has 1 unspecified atom stereocenters. The molecular formula is C11H8ClF6IO. The zero-order valence-corrected chi connectivity index (χ0v) is 12.5. The van der Waals surface area contributed by atoms with Crippen LogP contribution in [0.3, 0.4) is 0 Å². The second kappa shape index (κ2) is 6.69. The van der Waals surface area contributed by atoms with E-state index in [4.69, 9.17) is 11.6 Å². The molecular weight excluding hydrogens is 424 g/mol. The molecule has 20 heavy (non-hydrogen) atoms. The van der Waals surface area contributed by atoms with Gasteiger partial charge in [0.05, 0.1) is 6.10 Å². The van der Waals surface area contributed by atoms with E-state index in [1.54, 1.807) is 22.6 Å². The summed E-state index contributed by atoms with van der Waals surface area (Å²) in [5.74, 6) is 0. The van der Waals surface area contributed by atoms with Crippen LogP contribution in [0.1, 0.15) is 11.7 Å². The van der Waals surface area contributed by atoms with Crippen LogP contribution in [0.5, 0.6) is 0 Å². The van der Waals surface area contributed by atoms with Gasteiger partial charge in [0, 0.05) is 15.0 Å². The Labute approximate surface area is 129 Å². The van der Waals surface area contributed by atoms with Crippen molar-refractivity contribution in [2.45, 2.75) is 24.6 Å². The lowest BCUT2D eigenvalue weighted by Gasteiger charge is -2.27. The van der Waals surface area contributed by atoms with Gasteiger partial charge in [0.2, 0.25) is 6.10 Å². The molecule has 0 aliphatic heterocycles. The number of hydrogen-bond donors (Lipinski definition) is 0. The fourth-order valence-corrected chi connectivity index (χ4v) is 2.37. The molecule has 0 aliphatic rings. The molecule has 0 aromatic heterocycles. The summed E-state index contributed by atoms with van der Waals surface area (Å²) in [7, 11) is 0. The number of rotatable bonds is 4. The highest BCUT2D eigenvalue weighted by Gasteiger charge is 2.58. The summed E-state index contributed by atoms with van der Waals surface area (Å²) in [6.07, 6.45) is -16.3. The van der Waals surface area contributed by atoms with Crippen molar-refractivity contribution in [1.29, 1.82) is 0 Å². The Hall–Kier alpha value is -0.220. The maximum absolute atomic E-state index is 12.4. The van der Waals surface area contributed by atoms with Gasteiger partial charge in [-0.15, -0.1) is 0 Å². The Kier molecular flexibility index (Phi) is 5.97. The zero-order valence-electron chi connectivity index (χ0n) is 9.60. The average Bonchev–Trinajstić information content (AvgIpc) is 2.28. The topological polar surface area (TPSA) is 9.23 Å². The first-order valence-electron chi connectivity index (χ1n) is 5.16. The van der Waals surface area contributed by atoms with Gasteiger partial charge >= 0.3 is 12.4 Å².